The Morgan fingerprint density at radius 2 is 1.90 bits per heavy atom. The number of aromatic nitrogens is 1. The molecule has 9 nitrogen and oxygen atoms in total. The van der Waals surface area contributed by atoms with E-state index < -0.39 is 22.6 Å². The van der Waals surface area contributed by atoms with Crippen molar-refractivity contribution in [3.8, 4) is 0 Å². The number of rotatable bonds is 4. The van der Waals surface area contributed by atoms with Crippen molar-refractivity contribution in [2.24, 2.45) is 0 Å². The summed E-state index contributed by atoms with van der Waals surface area (Å²) in [6.45, 7) is 1.80. The first-order valence-electron chi connectivity index (χ1n) is 8.36. The molecule has 0 saturated heterocycles. The van der Waals surface area contributed by atoms with Gasteiger partial charge in [-0.3, -0.25) is 29.8 Å². The Morgan fingerprint density at radius 3 is 2.59 bits per heavy atom. The number of hydrogen-bond donors (Lipinski definition) is 1. The van der Waals surface area contributed by atoms with E-state index in [4.69, 9.17) is 0 Å². The van der Waals surface area contributed by atoms with E-state index in [1.807, 2.05) is 0 Å². The number of thiazole rings is 1. The van der Waals surface area contributed by atoms with Gasteiger partial charge >= 0.3 is 0 Å². The highest BCUT2D eigenvalue weighted by Crippen LogP contribution is 2.31. The van der Waals surface area contributed by atoms with Crippen molar-refractivity contribution >= 4 is 45.6 Å². The van der Waals surface area contributed by atoms with E-state index in [1.54, 1.807) is 24.4 Å². The molecule has 0 unspecified atom stereocenters. The number of imide groups is 1. The minimum Gasteiger partial charge on any atom is -0.298 e. The van der Waals surface area contributed by atoms with Crippen LogP contribution < -0.4 is 10.2 Å². The number of nitro groups is 1. The molecule has 1 N–H and O–H groups in total. The molecule has 10 heteroatoms. The van der Waals surface area contributed by atoms with E-state index in [-0.39, 0.29) is 28.1 Å². The zero-order chi connectivity index (χ0) is 20.7. The number of carbonyl (C=O) groups is 3. The van der Waals surface area contributed by atoms with Crippen LogP contribution in [0.15, 0.2) is 47.8 Å². The zero-order valence-corrected chi connectivity index (χ0v) is 15.7. The molecule has 0 aliphatic carbocycles. The highest BCUT2D eigenvalue weighted by Gasteiger charge is 2.38. The van der Waals surface area contributed by atoms with E-state index in [9.17, 15) is 24.5 Å². The average Bonchev–Trinajstić information content (AvgIpc) is 3.22. The van der Waals surface area contributed by atoms with Crippen molar-refractivity contribution < 1.29 is 19.3 Å². The molecular weight excluding hydrogens is 396 g/mol. The minimum atomic E-state index is -0.679. The number of nitrogens with zero attached hydrogens (tertiary/aromatic N) is 3. The fraction of sp³-hybridized carbons (Fsp3) is 0.0526. The number of hydrogen-bond acceptors (Lipinski definition) is 7. The van der Waals surface area contributed by atoms with E-state index in [0.29, 0.717) is 5.13 Å². The van der Waals surface area contributed by atoms with Crippen LogP contribution in [-0.2, 0) is 0 Å². The monoisotopic (exact) mass is 408 g/mol. The topological polar surface area (TPSA) is 123 Å². The number of aryl methyl sites for hydroxylation is 1. The molecule has 2 aromatic carbocycles. The predicted octanol–water partition coefficient (Wildman–Crippen LogP) is 3.41. The number of fused-ring (bicyclic) bond motifs is 1. The Bertz CT molecular complexity index is 1200. The lowest BCUT2D eigenvalue weighted by atomic mass is 10.1. The average molecular weight is 408 g/mol. The second-order valence-corrected chi connectivity index (χ2v) is 7.09. The maximum Gasteiger partial charge on any atom is 0.270 e. The molecule has 0 bridgehead atoms. The second-order valence-electron chi connectivity index (χ2n) is 6.23. The van der Waals surface area contributed by atoms with Crippen molar-refractivity contribution in [2.45, 2.75) is 6.92 Å². The molecule has 0 fully saturated rings. The maximum atomic E-state index is 12.7. The van der Waals surface area contributed by atoms with E-state index in [1.165, 1.54) is 35.6 Å². The van der Waals surface area contributed by atoms with Gasteiger partial charge in [0.25, 0.3) is 23.4 Å². The summed E-state index contributed by atoms with van der Waals surface area (Å²) in [6, 6.07) is 9.53. The third-order valence-electron chi connectivity index (χ3n) is 4.29. The molecule has 0 spiro atoms. The molecule has 3 amide bonds. The van der Waals surface area contributed by atoms with Crippen molar-refractivity contribution in [3.05, 3.63) is 80.3 Å². The lowest BCUT2D eigenvalue weighted by Gasteiger charge is -2.14. The van der Waals surface area contributed by atoms with Gasteiger partial charge in [0, 0.05) is 23.1 Å². The molecule has 2 heterocycles. The minimum absolute atomic E-state index is 0.0442. The van der Waals surface area contributed by atoms with Gasteiger partial charge in [0.05, 0.1) is 27.4 Å². The molecule has 144 valence electrons. The largest absolute Gasteiger partial charge is 0.298 e. The normalized spacial score (nSPS) is 12.8. The second kappa shape index (κ2) is 6.91. The van der Waals surface area contributed by atoms with Crippen LogP contribution in [0.3, 0.4) is 0 Å². The van der Waals surface area contributed by atoms with Gasteiger partial charge in [-0.2, -0.15) is 0 Å². The summed E-state index contributed by atoms with van der Waals surface area (Å²) < 4.78 is 0. The van der Waals surface area contributed by atoms with Gasteiger partial charge in [-0.1, -0.05) is 6.07 Å². The molecular formula is C19H12N4O5S. The standard InChI is InChI=1S/C19H12N4O5S/c1-10-9-29-19(20-10)21-16(24)11-3-2-4-12(7-11)22-17(25)14-6-5-13(23(27)28)8-15(14)18(22)26/h2-9H,1H3,(H,20,21,24). The Hall–Kier alpha value is -3.92. The SMILES string of the molecule is Cc1csc(NC(=O)c2cccc(N3C(=O)c4ccc([N+](=O)[O-])cc4C3=O)c2)n1. The number of anilines is 2. The third kappa shape index (κ3) is 3.25. The number of nitro benzene ring substituents is 1. The molecule has 1 aliphatic heterocycles. The lowest BCUT2D eigenvalue weighted by molar-refractivity contribution is -0.384. The van der Waals surface area contributed by atoms with Gasteiger partial charge in [0.15, 0.2) is 5.13 Å². The molecule has 1 aliphatic rings. The summed E-state index contributed by atoms with van der Waals surface area (Å²) in [5, 5.41) is 15.9. The molecule has 1 aromatic heterocycles. The zero-order valence-electron chi connectivity index (χ0n) is 14.9. The Kier molecular flexibility index (Phi) is 4.40. The van der Waals surface area contributed by atoms with Crippen LogP contribution in [0.5, 0.6) is 0 Å². The van der Waals surface area contributed by atoms with Crippen LogP contribution in [0.25, 0.3) is 0 Å². The van der Waals surface area contributed by atoms with Crippen LogP contribution in [0.1, 0.15) is 36.8 Å². The summed E-state index contributed by atoms with van der Waals surface area (Å²) >= 11 is 1.28. The van der Waals surface area contributed by atoms with Crippen LogP contribution >= 0.6 is 11.3 Å². The van der Waals surface area contributed by atoms with Crippen molar-refractivity contribution in [2.75, 3.05) is 10.2 Å². The van der Waals surface area contributed by atoms with E-state index in [0.717, 1.165) is 16.7 Å². The summed E-state index contributed by atoms with van der Waals surface area (Å²) in [7, 11) is 0. The molecule has 29 heavy (non-hydrogen) atoms. The van der Waals surface area contributed by atoms with Gasteiger partial charge in [-0.05, 0) is 31.2 Å². The van der Waals surface area contributed by atoms with Gasteiger partial charge < -0.3 is 0 Å². The van der Waals surface area contributed by atoms with Crippen molar-refractivity contribution in [1.82, 2.24) is 4.98 Å². The highest BCUT2D eigenvalue weighted by molar-refractivity contribution is 7.13. The van der Waals surface area contributed by atoms with Crippen molar-refractivity contribution in [1.29, 1.82) is 0 Å². The quantitative estimate of drug-likeness (QED) is 0.401. The van der Waals surface area contributed by atoms with Gasteiger partial charge in [0.2, 0.25) is 0 Å². The number of benzene rings is 2. The first-order valence-corrected chi connectivity index (χ1v) is 9.24. The number of non-ortho nitro benzene ring substituents is 1. The highest BCUT2D eigenvalue weighted by atomic mass is 32.1. The first-order chi connectivity index (χ1) is 13.8. The lowest BCUT2D eigenvalue weighted by Crippen LogP contribution is -2.29. The molecule has 0 atom stereocenters. The van der Waals surface area contributed by atoms with E-state index in [2.05, 4.69) is 10.3 Å². The summed E-state index contributed by atoms with van der Waals surface area (Å²) in [6.07, 6.45) is 0. The molecule has 4 rings (SSSR count). The first kappa shape index (κ1) is 18.4. The van der Waals surface area contributed by atoms with Crippen LogP contribution in [-0.4, -0.2) is 27.6 Å². The third-order valence-corrected chi connectivity index (χ3v) is 5.16. The Labute approximate surface area is 167 Å². The fourth-order valence-electron chi connectivity index (χ4n) is 2.94. The number of nitrogens with one attached hydrogen (secondary N) is 1. The predicted molar refractivity (Wildman–Crippen MR) is 105 cm³/mol. The van der Waals surface area contributed by atoms with Crippen LogP contribution in [0.2, 0.25) is 0 Å². The van der Waals surface area contributed by atoms with Gasteiger partial charge in [-0.15, -0.1) is 11.3 Å². The Balaban J connectivity index is 1.64. The molecule has 3 aromatic rings. The van der Waals surface area contributed by atoms with E-state index >= 15 is 0 Å². The summed E-state index contributed by atoms with van der Waals surface area (Å²) in [5.74, 6) is -1.72. The number of carbonyl (C=O) groups excluding carboxylic acids is 3. The number of amides is 3. The summed E-state index contributed by atoms with van der Waals surface area (Å²) in [5.41, 5.74) is 0.962. The molecule has 0 saturated carbocycles. The van der Waals surface area contributed by atoms with Crippen LogP contribution in [0.4, 0.5) is 16.5 Å². The summed E-state index contributed by atoms with van der Waals surface area (Å²) in [4.78, 5) is 53.3. The maximum absolute atomic E-state index is 12.7. The molecule has 0 radical (unpaired) electrons. The van der Waals surface area contributed by atoms with Crippen molar-refractivity contribution in [3.63, 3.8) is 0 Å². The van der Waals surface area contributed by atoms with Gasteiger partial charge in [0.1, 0.15) is 0 Å². The fourth-order valence-corrected chi connectivity index (χ4v) is 3.63. The smallest absolute Gasteiger partial charge is 0.270 e. The Morgan fingerprint density at radius 1 is 1.14 bits per heavy atom. The van der Waals surface area contributed by atoms with Crippen LogP contribution in [0, 0.1) is 17.0 Å². The van der Waals surface area contributed by atoms with Gasteiger partial charge in [-0.25, -0.2) is 9.88 Å².